The Labute approximate surface area is 98.3 Å². The van der Waals surface area contributed by atoms with Gasteiger partial charge in [-0.15, -0.1) is 0 Å². The van der Waals surface area contributed by atoms with Crippen LogP contribution in [0.5, 0.6) is 0 Å². The van der Waals surface area contributed by atoms with E-state index in [2.05, 4.69) is 5.16 Å². The van der Waals surface area contributed by atoms with E-state index in [0.29, 0.717) is 0 Å². The monoisotopic (exact) mass is 261 g/mol. The zero-order valence-corrected chi connectivity index (χ0v) is 9.05. The number of hydrogen-bond acceptors (Lipinski definition) is 3. The van der Waals surface area contributed by atoms with Gasteiger partial charge >= 0.3 is 6.18 Å². The van der Waals surface area contributed by atoms with Crippen molar-refractivity contribution in [2.75, 3.05) is 0 Å². The normalized spacial score (nSPS) is 13.3. The molecule has 0 aliphatic carbocycles. The van der Waals surface area contributed by atoms with Gasteiger partial charge in [-0.25, -0.2) is 4.39 Å². The van der Waals surface area contributed by atoms with E-state index in [1.807, 2.05) is 0 Å². The number of furan rings is 1. The van der Waals surface area contributed by atoms with Gasteiger partial charge in [0.25, 0.3) is 0 Å². The van der Waals surface area contributed by atoms with E-state index in [-0.39, 0.29) is 16.5 Å². The molecule has 0 spiro atoms. The van der Waals surface area contributed by atoms with Crippen molar-refractivity contribution in [2.24, 2.45) is 5.16 Å². The molecule has 0 unspecified atom stereocenters. The lowest BCUT2D eigenvalue weighted by Crippen LogP contribution is -2.24. The first kappa shape index (κ1) is 12.4. The largest absolute Gasteiger partial charge is 0.454 e. The van der Waals surface area contributed by atoms with Crippen LogP contribution in [0.2, 0.25) is 0 Å². The van der Waals surface area contributed by atoms with E-state index in [9.17, 15) is 17.6 Å². The molecule has 0 bridgehead atoms. The van der Waals surface area contributed by atoms with E-state index in [4.69, 9.17) is 9.62 Å². The van der Waals surface area contributed by atoms with Gasteiger partial charge in [-0.1, -0.05) is 11.2 Å². The van der Waals surface area contributed by atoms with Crippen LogP contribution in [0.15, 0.2) is 27.8 Å². The highest BCUT2D eigenvalue weighted by Crippen LogP contribution is 2.32. The maximum Gasteiger partial charge on any atom is 0.440 e. The molecule has 0 amide bonds. The predicted molar refractivity (Wildman–Crippen MR) is 55.3 cm³/mol. The zero-order valence-electron chi connectivity index (χ0n) is 9.05. The molecule has 0 aliphatic heterocycles. The third-order valence-corrected chi connectivity index (χ3v) is 2.49. The summed E-state index contributed by atoms with van der Waals surface area (Å²) in [6, 6.07) is 3.76. The Morgan fingerprint density at radius 1 is 1.33 bits per heavy atom. The molecule has 2 aromatic rings. The lowest BCUT2D eigenvalue weighted by atomic mass is 10.1. The number of alkyl halides is 3. The minimum atomic E-state index is -4.89. The molecule has 0 atom stereocenters. The first-order chi connectivity index (χ1) is 8.36. The number of benzene rings is 1. The summed E-state index contributed by atoms with van der Waals surface area (Å²) in [6.45, 7) is 1.27. The maximum atomic E-state index is 13.5. The van der Waals surface area contributed by atoms with Gasteiger partial charge in [0.05, 0.1) is 5.39 Å². The lowest BCUT2D eigenvalue weighted by Gasteiger charge is -2.06. The molecule has 1 N–H and O–H groups in total. The first-order valence-electron chi connectivity index (χ1n) is 4.83. The molecule has 3 nitrogen and oxygen atoms in total. The Kier molecular flexibility index (Phi) is 2.76. The van der Waals surface area contributed by atoms with Crippen LogP contribution in [0.4, 0.5) is 17.6 Å². The van der Waals surface area contributed by atoms with Crippen molar-refractivity contribution >= 4 is 16.7 Å². The van der Waals surface area contributed by atoms with E-state index in [1.165, 1.54) is 19.1 Å². The number of fused-ring (bicyclic) bond motifs is 1. The SMILES string of the molecule is Cc1c(/C(=N\O)C(F)(F)F)oc2cccc(F)c12. The van der Waals surface area contributed by atoms with Crippen LogP contribution in [0.3, 0.4) is 0 Å². The molecule has 1 aromatic heterocycles. The van der Waals surface area contributed by atoms with E-state index in [0.717, 1.165) is 6.07 Å². The zero-order chi connectivity index (χ0) is 13.5. The summed E-state index contributed by atoms with van der Waals surface area (Å²) in [7, 11) is 0. The lowest BCUT2D eigenvalue weighted by molar-refractivity contribution is -0.0609. The number of oxime groups is 1. The smallest absolute Gasteiger partial charge is 0.440 e. The van der Waals surface area contributed by atoms with Crippen molar-refractivity contribution in [3.8, 4) is 0 Å². The fourth-order valence-corrected chi connectivity index (χ4v) is 1.71. The summed E-state index contributed by atoms with van der Waals surface area (Å²) in [5.41, 5.74) is -1.68. The Balaban J connectivity index is 2.74. The van der Waals surface area contributed by atoms with E-state index in [1.54, 1.807) is 0 Å². The standard InChI is InChI=1S/C11H7F4NO2/c1-5-8-6(12)3-2-4-7(8)18-9(5)10(16-17)11(13,14)15/h2-4,17H,1H3/b16-10+. The highest BCUT2D eigenvalue weighted by Gasteiger charge is 2.41. The summed E-state index contributed by atoms with van der Waals surface area (Å²) in [5.74, 6) is -1.38. The van der Waals surface area contributed by atoms with Gasteiger partial charge in [-0.2, -0.15) is 13.2 Å². The number of aryl methyl sites for hydroxylation is 1. The minimum absolute atomic E-state index is 0.0344. The van der Waals surface area contributed by atoms with Gasteiger partial charge in [-0.05, 0) is 19.1 Å². The topological polar surface area (TPSA) is 45.7 Å². The molecule has 2 rings (SSSR count). The molecular formula is C11H7F4NO2. The van der Waals surface area contributed by atoms with Crippen LogP contribution in [-0.2, 0) is 0 Å². The quantitative estimate of drug-likeness (QED) is 0.369. The molecular weight excluding hydrogens is 254 g/mol. The van der Waals surface area contributed by atoms with Crippen LogP contribution in [-0.4, -0.2) is 17.1 Å². The average molecular weight is 261 g/mol. The van der Waals surface area contributed by atoms with Gasteiger partial charge in [0.1, 0.15) is 11.4 Å². The van der Waals surface area contributed by atoms with Crippen LogP contribution >= 0.6 is 0 Å². The Bertz CT molecular complexity index is 628. The number of rotatable bonds is 1. The molecule has 0 radical (unpaired) electrons. The van der Waals surface area contributed by atoms with Crippen molar-refractivity contribution in [1.29, 1.82) is 0 Å². The molecule has 1 heterocycles. The summed E-state index contributed by atoms with van der Waals surface area (Å²) in [5, 5.41) is 10.6. The molecule has 0 saturated carbocycles. The van der Waals surface area contributed by atoms with Crippen molar-refractivity contribution in [3.05, 3.63) is 35.3 Å². The van der Waals surface area contributed by atoms with Gasteiger partial charge in [0, 0.05) is 5.56 Å². The van der Waals surface area contributed by atoms with Crippen molar-refractivity contribution < 1.29 is 27.2 Å². The summed E-state index contributed by atoms with van der Waals surface area (Å²) in [6.07, 6.45) is -4.89. The number of halogens is 4. The predicted octanol–water partition coefficient (Wildman–Crippen LogP) is 3.62. The third-order valence-electron chi connectivity index (χ3n) is 2.49. The molecule has 0 fully saturated rings. The molecule has 96 valence electrons. The first-order valence-corrected chi connectivity index (χ1v) is 4.83. The van der Waals surface area contributed by atoms with E-state index >= 15 is 0 Å². The summed E-state index contributed by atoms with van der Waals surface area (Å²) < 4.78 is 56.1. The van der Waals surface area contributed by atoms with Gasteiger partial charge in [0.15, 0.2) is 5.76 Å². The molecule has 1 aromatic carbocycles. The molecule has 0 saturated heterocycles. The van der Waals surface area contributed by atoms with Gasteiger partial charge in [-0.3, -0.25) is 0 Å². The Hall–Kier alpha value is -2.05. The number of hydrogen-bond donors (Lipinski definition) is 1. The number of nitrogens with zero attached hydrogens (tertiary/aromatic N) is 1. The fraction of sp³-hybridized carbons (Fsp3) is 0.182. The fourth-order valence-electron chi connectivity index (χ4n) is 1.71. The van der Waals surface area contributed by atoms with Crippen molar-refractivity contribution in [2.45, 2.75) is 13.1 Å². The molecule has 18 heavy (non-hydrogen) atoms. The minimum Gasteiger partial charge on any atom is -0.454 e. The summed E-state index contributed by atoms with van der Waals surface area (Å²) >= 11 is 0. The van der Waals surface area contributed by atoms with Gasteiger partial charge in [0.2, 0.25) is 5.71 Å². The molecule has 0 aliphatic rings. The van der Waals surface area contributed by atoms with Crippen LogP contribution in [0.1, 0.15) is 11.3 Å². The summed E-state index contributed by atoms with van der Waals surface area (Å²) in [4.78, 5) is 0. The highest BCUT2D eigenvalue weighted by atomic mass is 19.4. The van der Waals surface area contributed by atoms with Crippen molar-refractivity contribution in [3.63, 3.8) is 0 Å². The Morgan fingerprint density at radius 3 is 2.50 bits per heavy atom. The Morgan fingerprint density at radius 2 is 2.00 bits per heavy atom. The second kappa shape index (κ2) is 4.01. The third kappa shape index (κ3) is 1.81. The highest BCUT2D eigenvalue weighted by molar-refractivity contribution is 6.06. The van der Waals surface area contributed by atoms with Crippen LogP contribution in [0.25, 0.3) is 11.0 Å². The van der Waals surface area contributed by atoms with Gasteiger partial charge < -0.3 is 9.62 Å². The second-order valence-electron chi connectivity index (χ2n) is 3.62. The van der Waals surface area contributed by atoms with E-state index < -0.39 is 23.5 Å². The second-order valence-corrected chi connectivity index (χ2v) is 3.62. The molecule has 7 heteroatoms. The van der Waals surface area contributed by atoms with Crippen molar-refractivity contribution in [1.82, 2.24) is 0 Å². The van der Waals surface area contributed by atoms with Crippen LogP contribution < -0.4 is 0 Å². The maximum absolute atomic E-state index is 13.5. The average Bonchev–Trinajstić information content (AvgIpc) is 2.57. The van der Waals surface area contributed by atoms with Crippen LogP contribution in [0, 0.1) is 12.7 Å².